The molecule has 4 aromatic rings. The van der Waals surface area contributed by atoms with Crippen molar-refractivity contribution in [1.82, 2.24) is 14.9 Å². The molecule has 1 N–H and O–H groups in total. The van der Waals surface area contributed by atoms with Crippen LogP contribution in [0.1, 0.15) is 23.5 Å². The zero-order chi connectivity index (χ0) is 24.5. The van der Waals surface area contributed by atoms with Gasteiger partial charge in [0, 0.05) is 52.7 Å². The maximum atomic E-state index is 5.93. The summed E-state index contributed by atoms with van der Waals surface area (Å²) in [5, 5.41) is 4.26. The molecule has 0 radical (unpaired) electrons. The molecule has 2 aromatic carbocycles. The Morgan fingerprint density at radius 2 is 1.58 bits per heavy atom. The minimum atomic E-state index is -0.0956. The largest absolute Gasteiger partial charge is 0.378 e. The summed E-state index contributed by atoms with van der Waals surface area (Å²) >= 11 is 9.48. The Bertz CT molecular complexity index is 1340. The number of ether oxygens (including phenoxy) is 1. The van der Waals surface area contributed by atoms with Crippen LogP contribution in [-0.4, -0.2) is 41.0 Å². The van der Waals surface area contributed by atoms with Gasteiger partial charge in [-0.2, -0.15) is 0 Å². The molecule has 2 aliphatic heterocycles. The molecule has 2 aliphatic rings. The quantitative estimate of drug-likeness (QED) is 0.319. The average Bonchev–Trinajstić information content (AvgIpc) is 3.54. The number of nitrogens with zero attached hydrogens (tertiary/aromatic N) is 4. The van der Waals surface area contributed by atoms with Crippen LogP contribution >= 0.6 is 28.1 Å². The molecule has 2 aromatic heterocycles. The zero-order valence-electron chi connectivity index (χ0n) is 19.6. The van der Waals surface area contributed by atoms with Gasteiger partial charge in [0.1, 0.15) is 6.04 Å². The van der Waals surface area contributed by atoms with E-state index in [0.29, 0.717) is 5.11 Å². The highest BCUT2D eigenvalue weighted by molar-refractivity contribution is 9.10. The molecule has 2 fully saturated rings. The lowest BCUT2D eigenvalue weighted by Crippen LogP contribution is -2.36. The molecular formula is C28H26BrN5OS. The number of aromatic nitrogens is 2. The zero-order valence-corrected chi connectivity index (χ0v) is 22.0. The number of rotatable bonds is 5. The van der Waals surface area contributed by atoms with E-state index < -0.39 is 0 Å². The summed E-state index contributed by atoms with van der Waals surface area (Å²) in [6.07, 6.45) is 3.94. The van der Waals surface area contributed by atoms with Crippen molar-refractivity contribution >= 4 is 44.6 Å². The number of morpholine rings is 1. The first-order chi connectivity index (χ1) is 17.7. The second-order valence-corrected chi connectivity index (χ2v) is 10.2. The van der Waals surface area contributed by atoms with E-state index in [4.69, 9.17) is 17.0 Å². The van der Waals surface area contributed by atoms with Gasteiger partial charge in [-0.3, -0.25) is 4.98 Å². The highest BCUT2D eigenvalue weighted by atomic mass is 79.9. The number of hydrogen-bond donors (Lipinski definition) is 1. The molecule has 182 valence electrons. The van der Waals surface area contributed by atoms with Crippen LogP contribution in [0.5, 0.6) is 0 Å². The molecule has 0 saturated carbocycles. The second-order valence-electron chi connectivity index (χ2n) is 8.89. The van der Waals surface area contributed by atoms with Gasteiger partial charge in [-0.25, -0.2) is 0 Å². The third kappa shape index (κ3) is 4.40. The molecule has 2 saturated heterocycles. The van der Waals surface area contributed by atoms with E-state index in [1.165, 1.54) is 5.69 Å². The van der Waals surface area contributed by atoms with Gasteiger partial charge in [0.05, 0.1) is 24.9 Å². The molecule has 4 heterocycles. The van der Waals surface area contributed by atoms with Crippen molar-refractivity contribution in [3.8, 4) is 5.69 Å². The van der Waals surface area contributed by atoms with Gasteiger partial charge >= 0.3 is 0 Å². The molecule has 6 nitrogen and oxygen atoms in total. The van der Waals surface area contributed by atoms with E-state index in [1.807, 2.05) is 18.3 Å². The molecule has 36 heavy (non-hydrogen) atoms. The Morgan fingerprint density at radius 3 is 2.31 bits per heavy atom. The van der Waals surface area contributed by atoms with E-state index in [1.54, 1.807) is 0 Å². The Labute approximate surface area is 224 Å². The number of pyridine rings is 1. The van der Waals surface area contributed by atoms with Crippen molar-refractivity contribution in [1.29, 1.82) is 0 Å². The van der Waals surface area contributed by atoms with Crippen LogP contribution in [-0.2, 0) is 4.74 Å². The minimum absolute atomic E-state index is 0.0831. The summed E-state index contributed by atoms with van der Waals surface area (Å²) in [6, 6.07) is 27.2. The first kappa shape index (κ1) is 23.2. The van der Waals surface area contributed by atoms with E-state index in [0.717, 1.165) is 53.5 Å². The van der Waals surface area contributed by atoms with Crippen molar-refractivity contribution in [2.75, 3.05) is 36.1 Å². The number of nitrogens with one attached hydrogen (secondary N) is 1. The van der Waals surface area contributed by atoms with Crippen LogP contribution < -0.4 is 15.1 Å². The molecule has 0 aliphatic carbocycles. The summed E-state index contributed by atoms with van der Waals surface area (Å²) in [4.78, 5) is 9.28. The van der Waals surface area contributed by atoms with Crippen LogP contribution in [0.2, 0.25) is 0 Å². The average molecular weight is 561 g/mol. The third-order valence-electron chi connectivity index (χ3n) is 6.79. The molecule has 0 amide bonds. The summed E-state index contributed by atoms with van der Waals surface area (Å²) in [5.74, 6) is 0. The highest BCUT2D eigenvalue weighted by Crippen LogP contribution is 2.42. The van der Waals surface area contributed by atoms with Gasteiger partial charge < -0.3 is 24.4 Å². The molecule has 8 heteroatoms. The lowest BCUT2D eigenvalue weighted by molar-refractivity contribution is 0.122. The first-order valence-corrected chi connectivity index (χ1v) is 13.3. The minimum Gasteiger partial charge on any atom is -0.378 e. The van der Waals surface area contributed by atoms with Crippen molar-refractivity contribution < 1.29 is 4.74 Å². The van der Waals surface area contributed by atoms with Crippen LogP contribution in [0.15, 0.2) is 95.7 Å². The van der Waals surface area contributed by atoms with E-state index in [-0.39, 0.29) is 12.1 Å². The van der Waals surface area contributed by atoms with Gasteiger partial charge in [0.15, 0.2) is 5.11 Å². The Kier molecular flexibility index (Phi) is 6.48. The van der Waals surface area contributed by atoms with Crippen LogP contribution in [0, 0.1) is 0 Å². The fourth-order valence-corrected chi connectivity index (χ4v) is 5.66. The van der Waals surface area contributed by atoms with Crippen molar-refractivity contribution in [3.63, 3.8) is 0 Å². The molecular weight excluding hydrogens is 534 g/mol. The molecule has 2 unspecified atom stereocenters. The predicted octanol–water partition coefficient (Wildman–Crippen LogP) is 5.65. The maximum Gasteiger partial charge on any atom is 0.174 e. The monoisotopic (exact) mass is 559 g/mol. The number of halogens is 1. The number of anilines is 2. The van der Waals surface area contributed by atoms with Crippen LogP contribution in [0.25, 0.3) is 5.69 Å². The maximum absolute atomic E-state index is 5.93. The lowest BCUT2D eigenvalue weighted by atomic mass is 10.0. The van der Waals surface area contributed by atoms with Gasteiger partial charge in [-0.15, -0.1) is 0 Å². The summed E-state index contributed by atoms with van der Waals surface area (Å²) in [7, 11) is 0. The summed E-state index contributed by atoms with van der Waals surface area (Å²) in [5.41, 5.74) is 5.45. The lowest BCUT2D eigenvalue weighted by Gasteiger charge is -2.31. The molecule has 2 atom stereocenters. The van der Waals surface area contributed by atoms with Crippen molar-refractivity contribution in [2.45, 2.75) is 12.1 Å². The Morgan fingerprint density at radius 1 is 0.861 bits per heavy atom. The highest BCUT2D eigenvalue weighted by Gasteiger charge is 2.42. The predicted molar refractivity (Wildman–Crippen MR) is 151 cm³/mol. The van der Waals surface area contributed by atoms with Gasteiger partial charge in [0.25, 0.3) is 0 Å². The van der Waals surface area contributed by atoms with Crippen LogP contribution in [0.3, 0.4) is 0 Å². The topological polar surface area (TPSA) is 45.6 Å². The SMILES string of the molecule is S=C1NC(c2ccccn2)C(c2cccn2-c2ccc(Br)cc2)N1c1ccc(N2CCOCC2)cc1. The molecule has 6 rings (SSSR count). The summed E-state index contributed by atoms with van der Waals surface area (Å²) < 4.78 is 8.80. The van der Waals surface area contributed by atoms with E-state index >= 15 is 0 Å². The Hall–Kier alpha value is -3.20. The fraction of sp³-hybridized carbons (Fsp3) is 0.214. The number of hydrogen-bond acceptors (Lipinski definition) is 4. The van der Waals surface area contributed by atoms with Crippen molar-refractivity contribution in [3.05, 3.63) is 107 Å². The fourth-order valence-electron chi connectivity index (χ4n) is 5.05. The Balaban J connectivity index is 1.41. The normalized spacial score (nSPS) is 20.0. The summed E-state index contributed by atoms with van der Waals surface area (Å²) in [6.45, 7) is 3.35. The molecule has 0 spiro atoms. The third-order valence-corrected chi connectivity index (χ3v) is 7.63. The van der Waals surface area contributed by atoms with Crippen molar-refractivity contribution in [2.24, 2.45) is 0 Å². The molecule has 0 bridgehead atoms. The van der Waals surface area contributed by atoms with Gasteiger partial charge in [0.2, 0.25) is 0 Å². The first-order valence-electron chi connectivity index (χ1n) is 12.1. The van der Waals surface area contributed by atoms with Gasteiger partial charge in [-0.05, 0) is 85.0 Å². The number of thiocarbonyl (C=S) groups is 1. The van der Waals surface area contributed by atoms with Gasteiger partial charge in [-0.1, -0.05) is 22.0 Å². The van der Waals surface area contributed by atoms with Crippen LogP contribution in [0.4, 0.5) is 11.4 Å². The smallest absolute Gasteiger partial charge is 0.174 e. The van der Waals surface area contributed by atoms with E-state index in [2.05, 4.69) is 114 Å². The van der Waals surface area contributed by atoms with E-state index in [9.17, 15) is 0 Å². The standard InChI is InChI=1S/C28H26BrN5OS/c29-20-6-8-22(9-7-20)33-15-3-5-25(33)27-26(24-4-1-2-14-30-24)31-28(36)34(27)23-12-10-21(11-13-23)32-16-18-35-19-17-32/h1-15,26-27H,16-19H2,(H,31,36). The number of benzene rings is 2. The second kappa shape index (κ2) is 10.0.